The minimum Gasteiger partial charge on any atom is -0.372 e. The number of aryl methyl sites for hydroxylation is 1. The highest BCUT2D eigenvalue weighted by Crippen LogP contribution is 2.22. The zero-order valence-electron chi connectivity index (χ0n) is 16.1. The van der Waals surface area contributed by atoms with Crippen molar-refractivity contribution in [1.82, 2.24) is 9.88 Å². The van der Waals surface area contributed by atoms with Crippen molar-refractivity contribution in [2.45, 2.75) is 47.1 Å². The predicted molar refractivity (Wildman–Crippen MR) is 107 cm³/mol. The van der Waals surface area contributed by atoms with Crippen molar-refractivity contribution in [3.63, 3.8) is 0 Å². The van der Waals surface area contributed by atoms with Gasteiger partial charge in [-0.3, -0.25) is 9.69 Å². The standard InChI is InChI=1S/C21H31N3O/c1-5-24(6-2)17-9-10-20-18(12-17)21(25)19(16(4)22-20)14-23-11-7-8-15(3)13-23/h9-10,12,15H,5-8,11,13-14H2,1-4H3,(H,22,25)/t15-/m1/s1. The Bertz CT molecular complexity index is 792. The van der Waals surface area contributed by atoms with E-state index >= 15 is 0 Å². The molecular weight excluding hydrogens is 310 g/mol. The molecule has 0 amide bonds. The fourth-order valence-corrected chi connectivity index (χ4v) is 4.07. The van der Waals surface area contributed by atoms with Crippen molar-refractivity contribution in [3.05, 3.63) is 39.7 Å². The maximum Gasteiger partial charge on any atom is 0.194 e. The maximum absolute atomic E-state index is 13.2. The van der Waals surface area contributed by atoms with Crippen molar-refractivity contribution in [2.24, 2.45) is 5.92 Å². The van der Waals surface area contributed by atoms with Crippen molar-refractivity contribution in [3.8, 4) is 0 Å². The third kappa shape index (κ3) is 3.74. The van der Waals surface area contributed by atoms with Crippen LogP contribution in [0.25, 0.3) is 10.9 Å². The molecule has 1 aromatic heterocycles. The highest BCUT2D eigenvalue weighted by atomic mass is 16.1. The van der Waals surface area contributed by atoms with E-state index in [-0.39, 0.29) is 5.43 Å². The molecule has 0 unspecified atom stereocenters. The summed E-state index contributed by atoms with van der Waals surface area (Å²) in [7, 11) is 0. The Morgan fingerprint density at radius 3 is 2.72 bits per heavy atom. The van der Waals surface area contributed by atoms with Crippen LogP contribution in [0.5, 0.6) is 0 Å². The predicted octanol–water partition coefficient (Wildman–Crippen LogP) is 3.91. The van der Waals surface area contributed by atoms with Crippen LogP contribution in [0.2, 0.25) is 0 Å². The molecule has 1 atom stereocenters. The molecule has 0 radical (unpaired) electrons. The first-order valence-corrected chi connectivity index (χ1v) is 9.66. The Balaban J connectivity index is 1.99. The molecule has 3 rings (SSSR count). The molecule has 0 saturated carbocycles. The molecule has 1 aliphatic rings. The van der Waals surface area contributed by atoms with Crippen molar-refractivity contribution < 1.29 is 0 Å². The smallest absolute Gasteiger partial charge is 0.194 e. The normalized spacial score (nSPS) is 18.6. The van der Waals surface area contributed by atoms with Gasteiger partial charge in [-0.1, -0.05) is 6.92 Å². The SMILES string of the molecule is CCN(CC)c1ccc2[nH]c(C)c(CN3CCC[C@@H](C)C3)c(=O)c2c1. The summed E-state index contributed by atoms with van der Waals surface area (Å²) in [5, 5.41) is 0.815. The number of aromatic amines is 1. The Hall–Kier alpha value is -1.81. The molecule has 1 saturated heterocycles. The summed E-state index contributed by atoms with van der Waals surface area (Å²) in [6.45, 7) is 13.5. The molecule has 2 aromatic rings. The molecule has 0 spiro atoms. The summed E-state index contributed by atoms with van der Waals surface area (Å²) in [5.41, 5.74) is 4.20. The van der Waals surface area contributed by atoms with Gasteiger partial charge in [-0.2, -0.15) is 0 Å². The first-order chi connectivity index (χ1) is 12.0. The van der Waals surface area contributed by atoms with Gasteiger partial charge < -0.3 is 9.88 Å². The highest BCUT2D eigenvalue weighted by molar-refractivity contribution is 5.83. The molecule has 4 nitrogen and oxygen atoms in total. The number of hydrogen-bond donors (Lipinski definition) is 1. The van der Waals surface area contributed by atoms with E-state index < -0.39 is 0 Å². The monoisotopic (exact) mass is 341 g/mol. The summed E-state index contributed by atoms with van der Waals surface area (Å²) in [5.74, 6) is 0.725. The molecular formula is C21H31N3O. The topological polar surface area (TPSA) is 39.3 Å². The van der Waals surface area contributed by atoms with Gasteiger partial charge in [-0.05, 0) is 64.3 Å². The summed E-state index contributed by atoms with van der Waals surface area (Å²) in [4.78, 5) is 21.4. The zero-order chi connectivity index (χ0) is 18.0. The van der Waals surface area contributed by atoms with Gasteiger partial charge in [0.25, 0.3) is 0 Å². The lowest BCUT2D eigenvalue weighted by Crippen LogP contribution is -2.35. The van der Waals surface area contributed by atoms with E-state index in [2.05, 4.69) is 47.7 Å². The van der Waals surface area contributed by atoms with Gasteiger partial charge >= 0.3 is 0 Å². The maximum atomic E-state index is 13.2. The number of rotatable bonds is 5. The second-order valence-corrected chi connectivity index (χ2v) is 7.44. The number of pyridine rings is 1. The summed E-state index contributed by atoms with van der Waals surface area (Å²) >= 11 is 0. The van der Waals surface area contributed by atoms with E-state index in [0.717, 1.165) is 66.5 Å². The number of hydrogen-bond acceptors (Lipinski definition) is 3. The van der Waals surface area contributed by atoms with E-state index in [1.54, 1.807) is 0 Å². The number of benzene rings is 1. The molecule has 1 fully saturated rings. The number of anilines is 1. The highest BCUT2D eigenvalue weighted by Gasteiger charge is 2.19. The summed E-state index contributed by atoms with van der Waals surface area (Å²) in [6, 6.07) is 6.21. The second-order valence-electron chi connectivity index (χ2n) is 7.44. The molecule has 0 bridgehead atoms. The average molecular weight is 341 g/mol. The van der Waals surface area contributed by atoms with Crippen LogP contribution in [0.15, 0.2) is 23.0 Å². The molecule has 1 aromatic carbocycles. The summed E-state index contributed by atoms with van der Waals surface area (Å²) in [6.07, 6.45) is 2.54. The third-order valence-corrected chi connectivity index (χ3v) is 5.55. The lowest BCUT2D eigenvalue weighted by molar-refractivity contribution is 0.176. The Morgan fingerprint density at radius 2 is 2.04 bits per heavy atom. The quantitative estimate of drug-likeness (QED) is 0.896. The van der Waals surface area contributed by atoms with E-state index in [1.807, 2.05) is 13.0 Å². The van der Waals surface area contributed by atoms with Crippen molar-refractivity contribution >= 4 is 16.6 Å². The third-order valence-electron chi connectivity index (χ3n) is 5.55. The number of fused-ring (bicyclic) bond motifs is 1. The van der Waals surface area contributed by atoms with Crippen LogP contribution in [0.1, 0.15) is 44.9 Å². The Kier molecular flexibility index (Phi) is 5.48. The summed E-state index contributed by atoms with van der Waals surface area (Å²) < 4.78 is 0. The Morgan fingerprint density at radius 1 is 1.28 bits per heavy atom. The van der Waals surface area contributed by atoms with E-state index in [9.17, 15) is 4.79 Å². The van der Waals surface area contributed by atoms with Gasteiger partial charge in [0.05, 0.1) is 0 Å². The molecule has 25 heavy (non-hydrogen) atoms. The molecule has 1 N–H and O–H groups in total. The van der Waals surface area contributed by atoms with Gasteiger partial charge in [-0.25, -0.2) is 0 Å². The van der Waals surface area contributed by atoms with Crippen LogP contribution < -0.4 is 10.3 Å². The van der Waals surface area contributed by atoms with E-state index in [0.29, 0.717) is 0 Å². The molecule has 2 heterocycles. The lowest BCUT2D eigenvalue weighted by atomic mass is 9.99. The van der Waals surface area contributed by atoms with Crippen LogP contribution in [-0.4, -0.2) is 36.1 Å². The minimum absolute atomic E-state index is 0.193. The van der Waals surface area contributed by atoms with Crippen LogP contribution in [0.3, 0.4) is 0 Å². The van der Waals surface area contributed by atoms with Crippen LogP contribution >= 0.6 is 0 Å². The molecule has 136 valence electrons. The van der Waals surface area contributed by atoms with Crippen molar-refractivity contribution in [2.75, 3.05) is 31.1 Å². The second kappa shape index (κ2) is 7.61. The first-order valence-electron chi connectivity index (χ1n) is 9.66. The molecule has 1 aliphatic heterocycles. The van der Waals surface area contributed by atoms with Crippen LogP contribution in [0, 0.1) is 12.8 Å². The fourth-order valence-electron chi connectivity index (χ4n) is 4.07. The lowest BCUT2D eigenvalue weighted by Gasteiger charge is -2.31. The number of H-pyrrole nitrogens is 1. The number of nitrogens with zero attached hydrogens (tertiary/aromatic N) is 2. The number of likely N-dealkylation sites (tertiary alicyclic amines) is 1. The van der Waals surface area contributed by atoms with E-state index in [1.165, 1.54) is 12.8 Å². The van der Waals surface area contributed by atoms with Gasteiger partial charge in [-0.15, -0.1) is 0 Å². The van der Waals surface area contributed by atoms with Crippen molar-refractivity contribution in [1.29, 1.82) is 0 Å². The van der Waals surface area contributed by atoms with E-state index in [4.69, 9.17) is 0 Å². The van der Waals surface area contributed by atoms with Gasteiger partial charge in [0.1, 0.15) is 0 Å². The molecule has 0 aliphatic carbocycles. The number of nitrogens with one attached hydrogen (secondary N) is 1. The minimum atomic E-state index is 0.193. The van der Waals surface area contributed by atoms with Gasteiger partial charge in [0.15, 0.2) is 5.43 Å². The molecule has 4 heteroatoms. The number of aromatic nitrogens is 1. The van der Waals surface area contributed by atoms with Gasteiger partial charge in [0, 0.05) is 54.0 Å². The fraction of sp³-hybridized carbons (Fsp3) is 0.571. The van der Waals surface area contributed by atoms with Crippen LogP contribution in [-0.2, 0) is 6.54 Å². The van der Waals surface area contributed by atoms with Crippen LogP contribution in [0.4, 0.5) is 5.69 Å². The Labute approximate surface area is 150 Å². The average Bonchev–Trinajstić information content (AvgIpc) is 2.60. The van der Waals surface area contributed by atoms with Gasteiger partial charge in [0.2, 0.25) is 0 Å². The number of piperidine rings is 1. The zero-order valence-corrected chi connectivity index (χ0v) is 16.1. The first kappa shape index (κ1) is 18.0. The largest absolute Gasteiger partial charge is 0.372 e.